The molecule has 1 amide bonds. The Morgan fingerprint density at radius 3 is 2.29 bits per heavy atom. The van der Waals surface area contributed by atoms with Gasteiger partial charge in [-0.1, -0.05) is 23.7 Å². The lowest BCUT2D eigenvalue weighted by molar-refractivity contribution is 0.0601. The fourth-order valence-electron chi connectivity index (χ4n) is 3.46. The molecule has 0 unspecified atom stereocenters. The lowest BCUT2D eigenvalue weighted by Gasteiger charge is -2.15. The van der Waals surface area contributed by atoms with Crippen LogP contribution in [0.2, 0.25) is 5.02 Å². The third-order valence-electron chi connectivity index (χ3n) is 5.21. The van der Waals surface area contributed by atoms with Crippen molar-refractivity contribution in [3.63, 3.8) is 0 Å². The highest BCUT2D eigenvalue weighted by molar-refractivity contribution is 6.30. The Bertz CT molecular complexity index is 1380. The highest BCUT2D eigenvalue weighted by Gasteiger charge is 2.22. The third kappa shape index (κ3) is 4.97. The summed E-state index contributed by atoms with van der Waals surface area (Å²) in [5, 5.41) is 3.37. The third-order valence-corrected chi connectivity index (χ3v) is 5.47. The predicted molar refractivity (Wildman–Crippen MR) is 131 cm³/mol. The minimum Gasteiger partial charge on any atom is -0.493 e. The van der Waals surface area contributed by atoms with Crippen molar-refractivity contribution >= 4 is 29.2 Å². The number of aromatic nitrogens is 1. The van der Waals surface area contributed by atoms with Crippen LogP contribution in [-0.2, 0) is 4.74 Å². The van der Waals surface area contributed by atoms with Crippen LogP contribution in [0.15, 0.2) is 71.3 Å². The number of hydrogen-bond acceptors (Lipinski definition) is 7. The molecule has 4 aromatic rings. The van der Waals surface area contributed by atoms with Crippen LogP contribution in [0.3, 0.4) is 0 Å². The van der Waals surface area contributed by atoms with Gasteiger partial charge in [0.05, 0.1) is 44.3 Å². The van der Waals surface area contributed by atoms with E-state index in [1.807, 2.05) is 12.1 Å². The number of anilines is 1. The van der Waals surface area contributed by atoms with Gasteiger partial charge in [0, 0.05) is 28.3 Å². The Kier molecular flexibility index (Phi) is 7.03. The number of carbonyl (C=O) groups excluding carboxylic acids is 2. The number of benzene rings is 3. The molecule has 0 atom stereocenters. The van der Waals surface area contributed by atoms with E-state index < -0.39 is 11.9 Å². The molecule has 35 heavy (non-hydrogen) atoms. The fraction of sp³-hybridized carbons (Fsp3) is 0.115. The SMILES string of the molecule is COC(=O)c1cc(OC)c(OC)cc1NC(=O)c1ccccc1-c1ncc(-c2ccc(Cl)cc2)o1. The van der Waals surface area contributed by atoms with Gasteiger partial charge in [0.25, 0.3) is 5.91 Å². The van der Waals surface area contributed by atoms with Crippen LogP contribution in [0.25, 0.3) is 22.8 Å². The number of amides is 1. The molecule has 9 heteroatoms. The molecule has 178 valence electrons. The maximum atomic E-state index is 13.3. The zero-order valence-electron chi connectivity index (χ0n) is 19.1. The lowest BCUT2D eigenvalue weighted by atomic mass is 10.1. The second-order valence-corrected chi connectivity index (χ2v) is 7.72. The highest BCUT2D eigenvalue weighted by atomic mass is 35.5. The lowest BCUT2D eigenvalue weighted by Crippen LogP contribution is -2.16. The van der Waals surface area contributed by atoms with E-state index in [0.29, 0.717) is 33.4 Å². The van der Waals surface area contributed by atoms with Crippen molar-refractivity contribution in [2.75, 3.05) is 26.6 Å². The molecule has 0 aliphatic carbocycles. The van der Waals surface area contributed by atoms with Crippen molar-refractivity contribution in [2.24, 2.45) is 0 Å². The van der Waals surface area contributed by atoms with Crippen LogP contribution >= 0.6 is 11.6 Å². The first-order valence-electron chi connectivity index (χ1n) is 10.4. The average molecular weight is 493 g/mol. The smallest absolute Gasteiger partial charge is 0.340 e. The van der Waals surface area contributed by atoms with Gasteiger partial charge in [-0.3, -0.25) is 4.79 Å². The van der Waals surface area contributed by atoms with E-state index in [2.05, 4.69) is 10.3 Å². The van der Waals surface area contributed by atoms with Gasteiger partial charge < -0.3 is 23.9 Å². The largest absolute Gasteiger partial charge is 0.493 e. The Balaban J connectivity index is 1.69. The Morgan fingerprint density at radius 2 is 1.60 bits per heavy atom. The fourth-order valence-corrected chi connectivity index (χ4v) is 3.59. The first-order valence-corrected chi connectivity index (χ1v) is 10.8. The minimum absolute atomic E-state index is 0.108. The Hall–Kier alpha value is -4.30. The first-order chi connectivity index (χ1) is 16.9. The van der Waals surface area contributed by atoms with Crippen LogP contribution in [0, 0.1) is 0 Å². The molecular weight excluding hydrogens is 472 g/mol. The maximum Gasteiger partial charge on any atom is 0.340 e. The summed E-state index contributed by atoms with van der Waals surface area (Å²) in [6.07, 6.45) is 1.58. The number of oxazole rings is 1. The first kappa shape index (κ1) is 23.8. The number of methoxy groups -OCH3 is 3. The van der Waals surface area contributed by atoms with Crippen LogP contribution in [0.5, 0.6) is 11.5 Å². The molecular formula is C26H21ClN2O6. The van der Waals surface area contributed by atoms with Crippen molar-refractivity contribution in [2.45, 2.75) is 0 Å². The Morgan fingerprint density at radius 1 is 0.914 bits per heavy atom. The van der Waals surface area contributed by atoms with E-state index in [1.165, 1.54) is 33.5 Å². The summed E-state index contributed by atoms with van der Waals surface area (Å²) in [4.78, 5) is 30.0. The van der Waals surface area contributed by atoms with Crippen molar-refractivity contribution in [3.8, 4) is 34.3 Å². The van der Waals surface area contributed by atoms with E-state index >= 15 is 0 Å². The van der Waals surface area contributed by atoms with E-state index in [0.717, 1.165) is 5.56 Å². The zero-order chi connectivity index (χ0) is 24.9. The highest BCUT2D eigenvalue weighted by Crippen LogP contribution is 2.35. The zero-order valence-corrected chi connectivity index (χ0v) is 19.9. The van der Waals surface area contributed by atoms with E-state index in [9.17, 15) is 9.59 Å². The summed E-state index contributed by atoms with van der Waals surface area (Å²) in [5.74, 6) is 0.324. The van der Waals surface area contributed by atoms with E-state index in [-0.39, 0.29) is 17.1 Å². The molecule has 0 bridgehead atoms. The monoisotopic (exact) mass is 492 g/mol. The number of hydrogen-bond donors (Lipinski definition) is 1. The topological polar surface area (TPSA) is 99.9 Å². The van der Waals surface area contributed by atoms with Crippen LogP contribution in [0.4, 0.5) is 5.69 Å². The average Bonchev–Trinajstić information content (AvgIpc) is 3.38. The summed E-state index contributed by atoms with van der Waals surface area (Å²) in [7, 11) is 4.15. The summed E-state index contributed by atoms with van der Waals surface area (Å²) in [6, 6.07) is 16.9. The van der Waals surface area contributed by atoms with Gasteiger partial charge in [0.15, 0.2) is 17.3 Å². The van der Waals surface area contributed by atoms with Crippen molar-refractivity contribution in [3.05, 3.63) is 83.0 Å². The summed E-state index contributed by atoms with van der Waals surface area (Å²) in [6.45, 7) is 0. The van der Waals surface area contributed by atoms with Crippen molar-refractivity contribution in [1.82, 2.24) is 4.98 Å². The van der Waals surface area contributed by atoms with Gasteiger partial charge in [-0.2, -0.15) is 0 Å². The van der Waals surface area contributed by atoms with Gasteiger partial charge in [0.2, 0.25) is 5.89 Å². The summed E-state index contributed by atoms with van der Waals surface area (Å²) >= 11 is 5.96. The molecule has 0 aliphatic heterocycles. The Labute approximate surface area is 206 Å². The van der Waals surface area contributed by atoms with Gasteiger partial charge in [-0.25, -0.2) is 9.78 Å². The molecule has 0 saturated carbocycles. The molecule has 0 saturated heterocycles. The molecule has 1 N–H and O–H groups in total. The molecule has 0 fully saturated rings. The van der Waals surface area contributed by atoms with Gasteiger partial charge in [-0.05, 0) is 36.4 Å². The molecule has 0 radical (unpaired) electrons. The standard InChI is InChI=1S/C26H21ClN2O6/c1-32-21-12-19(26(31)34-3)20(13-22(21)33-2)29-24(30)17-6-4-5-7-18(17)25-28-14-23(35-25)15-8-10-16(27)11-9-15/h4-14H,1-3H3,(H,29,30). The van der Waals surface area contributed by atoms with Crippen molar-refractivity contribution in [1.29, 1.82) is 0 Å². The van der Waals surface area contributed by atoms with Gasteiger partial charge >= 0.3 is 5.97 Å². The molecule has 3 aromatic carbocycles. The van der Waals surface area contributed by atoms with Gasteiger partial charge in [-0.15, -0.1) is 0 Å². The number of nitrogens with zero attached hydrogens (tertiary/aromatic N) is 1. The molecule has 1 aromatic heterocycles. The molecule has 8 nitrogen and oxygen atoms in total. The van der Waals surface area contributed by atoms with Crippen LogP contribution < -0.4 is 14.8 Å². The molecule has 1 heterocycles. The second-order valence-electron chi connectivity index (χ2n) is 7.28. The van der Waals surface area contributed by atoms with Crippen LogP contribution in [0.1, 0.15) is 20.7 Å². The minimum atomic E-state index is -0.644. The normalized spacial score (nSPS) is 10.5. The number of carbonyl (C=O) groups is 2. The molecule has 4 rings (SSSR count). The van der Waals surface area contributed by atoms with E-state index in [1.54, 1.807) is 42.6 Å². The molecule has 0 spiro atoms. The summed E-state index contributed by atoms with van der Waals surface area (Å²) < 4.78 is 21.4. The van der Waals surface area contributed by atoms with Crippen molar-refractivity contribution < 1.29 is 28.2 Å². The number of halogens is 1. The number of nitrogens with one attached hydrogen (secondary N) is 1. The van der Waals surface area contributed by atoms with Crippen LogP contribution in [-0.4, -0.2) is 38.2 Å². The quantitative estimate of drug-likeness (QED) is 0.329. The van der Waals surface area contributed by atoms with Gasteiger partial charge in [0.1, 0.15) is 0 Å². The predicted octanol–water partition coefficient (Wildman–Crippen LogP) is 5.72. The number of ether oxygens (including phenoxy) is 3. The van der Waals surface area contributed by atoms with E-state index in [4.69, 9.17) is 30.2 Å². The molecule has 0 aliphatic rings. The summed E-state index contributed by atoms with van der Waals surface area (Å²) in [5.41, 5.74) is 1.87. The second kappa shape index (κ2) is 10.3. The maximum absolute atomic E-state index is 13.3. The number of esters is 1. The number of rotatable bonds is 7.